The zero-order chi connectivity index (χ0) is 29.9. The van der Waals surface area contributed by atoms with Crippen molar-refractivity contribution in [2.45, 2.75) is 137 Å². The number of hydrogen-bond acceptors (Lipinski definition) is 5. The van der Waals surface area contributed by atoms with Gasteiger partial charge in [-0.25, -0.2) is 9.59 Å². The van der Waals surface area contributed by atoms with Crippen LogP contribution in [0.15, 0.2) is 0 Å². The van der Waals surface area contributed by atoms with Gasteiger partial charge in [-0.2, -0.15) is 0 Å². The van der Waals surface area contributed by atoms with Gasteiger partial charge in [0.15, 0.2) is 0 Å². The normalized spacial score (nSPS) is 28.9. The molecule has 4 fully saturated rings. The summed E-state index contributed by atoms with van der Waals surface area (Å²) < 4.78 is 5.47. The molecule has 0 radical (unpaired) electrons. The number of amides is 3. The van der Waals surface area contributed by atoms with Gasteiger partial charge in [0.2, 0.25) is 11.8 Å². The van der Waals surface area contributed by atoms with Crippen LogP contribution < -0.4 is 10.6 Å². The number of carbonyl (C=O) groups is 4. The monoisotopic (exact) mass is 561 g/mol. The maximum Gasteiger partial charge on any atom is 0.408 e. The van der Waals surface area contributed by atoms with Gasteiger partial charge in [0.05, 0.1) is 0 Å². The second kappa shape index (κ2) is 10.2. The van der Waals surface area contributed by atoms with Crippen LogP contribution in [0.5, 0.6) is 0 Å². The number of carbonyl (C=O) groups excluding carboxylic acids is 3. The first-order valence-electron chi connectivity index (χ1n) is 15.2. The molecule has 9 nitrogen and oxygen atoms in total. The summed E-state index contributed by atoms with van der Waals surface area (Å²) >= 11 is 0. The summed E-state index contributed by atoms with van der Waals surface area (Å²) in [7, 11) is 0. The van der Waals surface area contributed by atoms with E-state index in [1.165, 1.54) is 4.90 Å². The zero-order valence-electron chi connectivity index (χ0n) is 25.8. The Morgan fingerprint density at radius 3 is 1.95 bits per heavy atom. The molecule has 3 N–H and O–H groups in total. The number of alkyl carbamates (subject to hydrolysis) is 1. The lowest BCUT2D eigenvalue weighted by atomic mass is 9.73. The summed E-state index contributed by atoms with van der Waals surface area (Å²) in [6.45, 7) is 15.8. The van der Waals surface area contributed by atoms with Crippen molar-refractivity contribution < 1.29 is 29.0 Å². The fourth-order valence-corrected chi connectivity index (χ4v) is 8.40. The average molecular weight is 562 g/mol. The lowest BCUT2D eigenvalue weighted by Gasteiger charge is -2.37. The third-order valence-electron chi connectivity index (χ3n) is 10.9. The molecule has 1 saturated heterocycles. The number of fused-ring (bicyclic) bond motifs is 1. The van der Waals surface area contributed by atoms with E-state index < -0.39 is 47.1 Å². The Labute approximate surface area is 239 Å². The van der Waals surface area contributed by atoms with Gasteiger partial charge in [-0.3, -0.25) is 9.59 Å². The van der Waals surface area contributed by atoms with Gasteiger partial charge in [-0.1, -0.05) is 60.3 Å². The molecule has 3 amide bonds. The fourth-order valence-electron chi connectivity index (χ4n) is 8.40. The predicted molar refractivity (Wildman–Crippen MR) is 151 cm³/mol. The molecule has 4 aliphatic rings. The van der Waals surface area contributed by atoms with Crippen LogP contribution in [0.4, 0.5) is 4.79 Å². The lowest BCUT2D eigenvalue weighted by molar-refractivity contribution is -0.151. The average Bonchev–Trinajstić information content (AvgIpc) is 3.04. The summed E-state index contributed by atoms with van der Waals surface area (Å²) in [5.74, 6) is -1.84. The minimum Gasteiger partial charge on any atom is -0.480 e. The highest BCUT2D eigenvalue weighted by Crippen LogP contribution is 2.88. The van der Waals surface area contributed by atoms with Gasteiger partial charge in [0.1, 0.15) is 23.7 Å². The second-order valence-electron chi connectivity index (χ2n) is 15.5. The van der Waals surface area contributed by atoms with Gasteiger partial charge in [0, 0.05) is 12.0 Å². The molecule has 3 aliphatic carbocycles. The zero-order valence-corrected chi connectivity index (χ0v) is 25.8. The molecule has 0 aromatic rings. The van der Waals surface area contributed by atoms with Gasteiger partial charge in [0.25, 0.3) is 0 Å². The number of nitrogens with one attached hydrogen (secondary N) is 2. The van der Waals surface area contributed by atoms with E-state index in [0.29, 0.717) is 13.0 Å². The largest absolute Gasteiger partial charge is 0.480 e. The Kier molecular flexibility index (Phi) is 7.81. The number of rotatable bonds is 6. The second-order valence-corrected chi connectivity index (χ2v) is 15.5. The van der Waals surface area contributed by atoms with Gasteiger partial charge < -0.3 is 25.4 Å². The molecule has 40 heavy (non-hydrogen) atoms. The number of hydrogen-bond donors (Lipinski definition) is 3. The minimum absolute atomic E-state index is 0.0229. The highest BCUT2D eigenvalue weighted by molar-refractivity contribution is 5.94. The van der Waals surface area contributed by atoms with Gasteiger partial charge in [-0.15, -0.1) is 0 Å². The summed E-state index contributed by atoms with van der Waals surface area (Å²) in [6, 6.07) is -2.70. The highest BCUT2D eigenvalue weighted by Gasteiger charge is 2.85. The van der Waals surface area contributed by atoms with Crippen molar-refractivity contribution in [3.63, 3.8) is 0 Å². The van der Waals surface area contributed by atoms with Crippen LogP contribution in [-0.4, -0.2) is 64.2 Å². The van der Waals surface area contributed by atoms with E-state index in [-0.39, 0.29) is 28.1 Å². The fraction of sp³-hybridized carbons (Fsp3) is 0.871. The summed E-state index contributed by atoms with van der Waals surface area (Å²) in [5, 5.41) is 16.0. The first-order valence-corrected chi connectivity index (χ1v) is 15.2. The smallest absolute Gasteiger partial charge is 0.408 e. The Morgan fingerprint density at radius 2 is 1.50 bits per heavy atom. The van der Waals surface area contributed by atoms with Crippen molar-refractivity contribution in [3.8, 4) is 0 Å². The molecule has 0 aromatic carbocycles. The third kappa shape index (κ3) is 5.11. The van der Waals surface area contributed by atoms with Crippen molar-refractivity contribution in [1.29, 1.82) is 0 Å². The Morgan fingerprint density at radius 1 is 0.900 bits per heavy atom. The first-order chi connectivity index (χ1) is 18.4. The van der Waals surface area contributed by atoms with Crippen molar-refractivity contribution in [1.82, 2.24) is 15.5 Å². The molecule has 4 atom stereocenters. The van der Waals surface area contributed by atoms with Crippen LogP contribution in [0.25, 0.3) is 0 Å². The van der Waals surface area contributed by atoms with E-state index >= 15 is 0 Å². The molecule has 0 bridgehead atoms. The number of ether oxygens (including phenoxy) is 1. The Hall–Kier alpha value is -2.32. The predicted octanol–water partition coefficient (Wildman–Crippen LogP) is 4.87. The molecule has 2 unspecified atom stereocenters. The quantitative estimate of drug-likeness (QED) is 0.425. The van der Waals surface area contributed by atoms with E-state index in [2.05, 4.69) is 24.5 Å². The number of nitrogens with zero attached hydrogens (tertiary/aromatic N) is 1. The highest BCUT2D eigenvalue weighted by atomic mass is 16.6. The summed E-state index contributed by atoms with van der Waals surface area (Å²) in [6.07, 6.45) is 7.72. The Balaban J connectivity index is 1.57. The molecule has 3 saturated carbocycles. The summed E-state index contributed by atoms with van der Waals surface area (Å²) in [4.78, 5) is 54.8. The topological polar surface area (TPSA) is 125 Å². The standard InChI is InChI=1S/C31H51N3O6/c1-27(2,3)22(33-23(35)21(19-13-10-9-11-14-19)32-26(39)40-28(4,5)6)24(36)34-18-31(17-20(34)25(37)38)29(7,8)30(31)15-12-16-30/h19-22H,9-18H2,1-8H3,(H,32,39)(H,33,35)(H,37,38)/t20?,21?,22-,31-/m1/s1. The lowest BCUT2D eigenvalue weighted by Crippen LogP contribution is -2.61. The molecule has 4 rings (SSSR count). The van der Waals surface area contributed by atoms with E-state index in [0.717, 1.165) is 51.4 Å². The van der Waals surface area contributed by atoms with Crippen LogP contribution in [-0.2, 0) is 19.1 Å². The number of likely N-dealkylation sites (tertiary alicyclic amines) is 1. The van der Waals surface area contributed by atoms with E-state index in [4.69, 9.17) is 4.74 Å². The maximum absolute atomic E-state index is 14.2. The van der Waals surface area contributed by atoms with Crippen LogP contribution in [0.3, 0.4) is 0 Å². The number of aliphatic carboxylic acids is 1. The first kappa shape index (κ1) is 30.6. The molecule has 9 heteroatoms. The SMILES string of the molecule is CC(C)(C)OC(=O)NC(C(=O)N[C@H](C(=O)N1C[C@]2(CC1C(=O)O)C(C)(C)C21CCC1)C(C)(C)C)C1CCCCC1. The number of carboxylic acids is 1. The molecular formula is C31H51N3O6. The molecule has 0 aromatic heterocycles. The van der Waals surface area contributed by atoms with E-state index in [9.17, 15) is 24.3 Å². The van der Waals surface area contributed by atoms with Crippen molar-refractivity contribution in [3.05, 3.63) is 0 Å². The van der Waals surface area contributed by atoms with Gasteiger partial charge in [-0.05, 0) is 75.0 Å². The van der Waals surface area contributed by atoms with Crippen LogP contribution in [0, 0.1) is 27.6 Å². The van der Waals surface area contributed by atoms with E-state index in [1.54, 1.807) is 20.8 Å². The molecule has 1 aliphatic heterocycles. The van der Waals surface area contributed by atoms with Crippen molar-refractivity contribution in [2.75, 3.05) is 6.54 Å². The van der Waals surface area contributed by atoms with Crippen LogP contribution in [0.2, 0.25) is 0 Å². The number of carboxylic acid groups (broad SMARTS) is 1. The third-order valence-corrected chi connectivity index (χ3v) is 10.9. The van der Waals surface area contributed by atoms with Crippen LogP contribution >= 0.6 is 0 Å². The van der Waals surface area contributed by atoms with Crippen molar-refractivity contribution >= 4 is 23.9 Å². The van der Waals surface area contributed by atoms with Crippen molar-refractivity contribution in [2.24, 2.45) is 27.6 Å². The molecule has 226 valence electrons. The molecule has 1 heterocycles. The van der Waals surface area contributed by atoms with Crippen LogP contribution in [0.1, 0.15) is 113 Å². The Bertz CT molecular complexity index is 1030. The summed E-state index contributed by atoms with van der Waals surface area (Å²) in [5.41, 5.74) is -1.51. The molecule has 2 spiro atoms. The maximum atomic E-state index is 14.2. The minimum atomic E-state index is -0.993. The van der Waals surface area contributed by atoms with Gasteiger partial charge >= 0.3 is 12.1 Å². The van der Waals surface area contributed by atoms with E-state index in [1.807, 2.05) is 20.8 Å². The molecular weight excluding hydrogens is 510 g/mol.